The molecule has 1 aliphatic rings. The number of carbonyl (C=O) groups is 2. The number of esters is 2. The van der Waals surface area contributed by atoms with E-state index >= 15 is 0 Å². The van der Waals surface area contributed by atoms with E-state index in [4.69, 9.17) is 18.5 Å². The summed E-state index contributed by atoms with van der Waals surface area (Å²) < 4.78 is 33.7. The largest absolute Gasteiger partial charge is 0.472 e. The van der Waals surface area contributed by atoms with Crippen LogP contribution in [0.3, 0.4) is 0 Å². The Hall–Kier alpha value is -1.15. The second kappa shape index (κ2) is 44.5. The van der Waals surface area contributed by atoms with Crippen LogP contribution in [-0.4, -0.2) is 98.3 Å². The minimum absolute atomic E-state index is 0.106. The van der Waals surface area contributed by atoms with Gasteiger partial charge in [0.05, 0.1) is 6.61 Å². The van der Waals surface area contributed by atoms with Gasteiger partial charge in [0, 0.05) is 12.8 Å². The highest BCUT2D eigenvalue weighted by Crippen LogP contribution is 2.47. The van der Waals surface area contributed by atoms with Crippen molar-refractivity contribution in [2.45, 2.75) is 320 Å². The molecular formula is C54H105O13P. The molecule has 6 N–H and O–H groups in total. The van der Waals surface area contributed by atoms with Gasteiger partial charge in [0.1, 0.15) is 43.2 Å². The van der Waals surface area contributed by atoms with Gasteiger partial charge in [0.25, 0.3) is 0 Å². The SMILES string of the molecule is CCCCCCCCCCCCCCCCCCCCCCC(=O)OC(COC(=O)CCCCCCCCCCCCCCCCCCCCC)COP(=O)(O)OC1C(O)C(O)C(O)C(O)C1O. The number of aliphatic hydroxyl groups excluding tert-OH is 5. The van der Waals surface area contributed by atoms with Gasteiger partial charge in [-0.15, -0.1) is 0 Å². The summed E-state index contributed by atoms with van der Waals surface area (Å²) in [6.07, 6.45) is 35.8. The number of phosphoric ester groups is 1. The van der Waals surface area contributed by atoms with E-state index < -0.39 is 75.7 Å². The summed E-state index contributed by atoms with van der Waals surface area (Å²) in [5.41, 5.74) is 0. The Bertz CT molecular complexity index is 1190. The Labute approximate surface area is 414 Å². The minimum atomic E-state index is -5.12. The van der Waals surface area contributed by atoms with Gasteiger partial charge < -0.3 is 39.9 Å². The Morgan fingerprint density at radius 3 is 0.971 bits per heavy atom. The van der Waals surface area contributed by atoms with Crippen LogP contribution in [0.4, 0.5) is 0 Å². The zero-order chi connectivity index (χ0) is 49.9. The van der Waals surface area contributed by atoms with Gasteiger partial charge in [-0.25, -0.2) is 4.57 Å². The summed E-state index contributed by atoms with van der Waals surface area (Å²) >= 11 is 0. The van der Waals surface area contributed by atoms with E-state index in [1.54, 1.807) is 0 Å². The van der Waals surface area contributed by atoms with Crippen LogP contribution in [0.25, 0.3) is 0 Å². The summed E-state index contributed by atoms with van der Waals surface area (Å²) in [7, 11) is -5.12. The molecule has 0 saturated heterocycles. The molecule has 6 atom stereocenters. The maximum Gasteiger partial charge on any atom is 0.472 e. The predicted octanol–water partition coefficient (Wildman–Crippen LogP) is 12.8. The van der Waals surface area contributed by atoms with E-state index in [1.807, 2.05) is 0 Å². The highest BCUT2D eigenvalue weighted by atomic mass is 31.2. The molecule has 0 aromatic rings. The number of rotatable bonds is 49. The average molecular weight is 993 g/mol. The van der Waals surface area contributed by atoms with Crippen molar-refractivity contribution in [3.05, 3.63) is 0 Å². The van der Waals surface area contributed by atoms with Crippen LogP contribution in [0, 0.1) is 0 Å². The van der Waals surface area contributed by atoms with Crippen molar-refractivity contribution >= 4 is 19.8 Å². The third kappa shape index (κ3) is 35.9. The number of aliphatic hydroxyl groups is 5. The molecule has 6 unspecified atom stereocenters. The molecule has 0 aromatic heterocycles. The Balaban J connectivity index is 2.33. The van der Waals surface area contributed by atoms with Crippen LogP contribution < -0.4 is 0 Å². The highest BCUT2D eigenvalue weighted by molar-refractivity contribution is 7.47. The number of ether oxygens (including phenoxy) is 2. The van der Waals surface area contributed by atoms with Crippen molar-refractivity contribution in [1.29, 1.82) is 0 Å². The Morgan fingerprint density at radius 2 is 0.662 bits per heavy atom. The number of unbranched alkanes of at least 4 members (excludes halogenated alkanes) is 37. The molecule has 1 aliphatic carbocycles. The lowest BCUT2D eigenvalue weighted by Crippen LogP contribution is -2.64. The van der Waals surface area contributed by atoms with Gasteiger partial charge in [0.2, 0.25) is 0 Å². The van der Waals surface area contributed by atoms with Crippen LogP contribution in [0.5, 0.6) is 0 Å². The normalized spacial score (nSPS) is 20.9. The molecule has 0 radical (unpaired) electrons. The number of carbonyl (C=O) groups excluding carboxylic acids is 2. The highest BCUT2D eigenvalue weighted by Gasteiger charge is 2.51. The molecule has 1 fully saturated rings. The molecule has 0 spiro atoms. The van der Waals surface area contributed by atoms with Crippen molar-refractivity contribution in [3.8, 4) is 0 Å². The first-order valence-electron chi connectivity index (χ1n) is 28.3. The monoisotopic (exact) mass is 993 g/mol. The van der Waals surface area contributed by atoms with E-state index in [0.717, 1.165) is 38.5 Å². The molecule has 1 saturated carbocycles. The summed E-state index contributed by atoms with van der Waals surface area (Å²) in [4.78, 5) is 35.9. The van der Waals surface area contributed by atoms with Crippen molar-refractivity contribution in [2.24, 2.45) is 0 Å². The van der Waals surface area contributed by atoms with Crippen LogP contribution in [0.2, 0.25) is 0 Å². The fraction of sp³-hybridized carbons (Fsp3) is 0.963. The van der Waals surface area contributed by atoms with Crippen LogP contribution >= 0.6 is 7.82 Å². The quantitative estimate of drug-likeness (QED) is 0.0191. The maximum absolute atomic E-state index is 12.9. The van der Waals surface area contributed by atoms with Crippen molar-refractivity contribution in [1.82, 2.24) is 0 Å². The molecule has 404 valence electrons. The zero-order valence-electron chi connectivity index (χ0n) is 43.4. The van der Waals surface area contributed by atoms with Gasteiger partial charge in [-0.1, -0.05) is 251 Å². The van der Waals surface area contributed by atoms with Gasteiger partial charge in [-0.05, 0) is 12.8 Å². The van der Waals surface area contributed by atoms with Gasteiger partial charge in [-0.2, -0.15) is 0 Å². The summed E-state index contributed by atoms with van der Waals surface area (Å²) in [6, 6.07) is 0. The Morgan fingerprint density at radius 1 is 0.397 bits per heavy atom. The fourth-order valence-electron chi connectivity index (χ4n) is 9.17. The smallest absolute Gasteiger partial charge is 0.462 e. The number of hydrogen-bond donors (Lipinski definition) is 6. The molecule has 14 heteroatoms. The second-order valence-electron chi connectivity index (χ2n) is 20.2. The lowest BCUT2D eigenvalue weighted by molar-refractivity contribution is -0.220. The Kier molecular flexibility index (Phi) is 42.5. The molecule has 0 aromatic carbocycles. The van der Waals surface area contributed by atoms with E-state index in [-0.39, 0.29) is 12.8 Å². The lowest BCUT2D eigenvalue weighted by atomic mass is 9.85. The molecule has 0 aliphatic heterocycles. The van der Waals surface area contributed by atoms with E-state index in [9.17, 15) is 44.6 Å². The second-order valence-corrected chi connectivity index (χ2v) is 21.6. The first-order chi connectivity index (χ1) is 32.9. The van der Waals surface area contributed by atoms with Crippen LogP contribution in [0.1, 0.15) is 277 Å². The third-order valence-electron chi connectivity index (χ3n) is 13.7. The van der Waals surface area contributed by atoms with E-state index in [2.05, 4.69) is 13.8 Å². The van der Waals surface area contributed by atoms with Gasteiger partial charge >= 0.3 is 19.8 Å². The topological polar surface area (TPSA) is 210 Å². The van der Waals surface area contributed by atoms with Crippen molar-refractivity contribution < 1.29 is 63.1 Å². The lowest BCUT2D eigenvalue weighted by Gasteiger charge is -2.41. The molecular weight excluding hydrogens is 888 g/mol. The van der Waals surface area contributed by atoms with Gasteiger partial charge in [-0.3, -0.25) is 18.6 Å². The maximum atomic E-state index is 12.9. The number of phosphoric acid groups is 1. The predicted molar refractivity (Wildman–Crippen MR) is 272 cm³/mol. The first-order valence-corrected chi connectivity index (χ1v) is 29.8. The van der Waals surface area contributed by atoms with E-state index in [0.29, 0.717) is 12.8 Å². The first kappa shape index (κ1) is 64.9. The molecule has 0 amide bonds. The summed E-state index contributed by atoms with van der Waals surface area (Å²) in [5.74, 6) is -1.08. The molecule has 0 bridgehead atoms. The standard InChI is InChI=1S/C54H105O13P/c1-3-5-7-9-11-13-15-17-19-21-23-25-27-29-31-33-35-37-39-41-43-48(56)66-46(45-65-68(62,63)67-54-52(60)50(58)49(57)51(59)53(54)61)44-64-47(55)42-40-38-36-34-32-30-28-26-24-22-20-18-16-14-12-10-8-6-4-2/h46,49-54,57-61H,3-45H2,1-2H3,(H,62,63). The van der Waals surface area contributed by atoms with Crippen LogP contribution in [-0.2, 0) is 32.7 Å². The number of hydrogen-bond acceptors (Lipinski definition) is 12. The summed E-state index contributed by atoms with van der Waals surface area (Å²) in [6.45, 7) is 3.37. The van der Waals surface area contributed by atoms with Crippen LogP contribution in [0.15, 0.2) is 0 Å². The molecule has 0 heterocycles. The molecule has 13 nitrogen and oxygen atoms in total. The molecule has 68 heavy (non-hydrogen) atoms. The van der Waals surface area contributed by atoms with Crippen molar-refractivity contribution in [3.63, 3.8) is 0 Å². The summed E-state index contributed by atoms with van der Waals surface area (Å²) in [5, 5.41) is 50.4. The fourth-order valence-corrected chi connectivity index (χ4v) is 10.1. The zero-order valence-corrected chi connectivity index (χ0v) is 44.3. The average Bonchev–Trinajstić information content (AvgIpc) is 3.32. The van der Waals surface area contributed by atoms with E-state index in [1.165, 1.54) is 199 Å². The van der Waals surface area contributed by atoms with Crippen molar-refractivity contribution in [2.75, 3.05) is 13.2 Å². The minimum Gasteiger partial charge on any atom is -0.462 e. The molecule has 1 rings (SSSR count). The van der Waals surface area contributed by atoms with Gasteiger partial charge in [0.15, 0.2) is 6.10 Å². The third-order valence-corrected chi connectivity index (χ3v) is 14.7.